The summed E-state index contributed by atoms with van der Waals surface area (Å²) in [6.07, 6.45) is 6.05. The van der Waals surface area contributed by atoms with E-state index in [4.69, 9.17) is 9.47 Å². The summed E-state index contributed by atoms with van der Waals surface area (Å²) in [4.78, 5) is 6.41. The predicted octanol–water partition coefficient (Wildman–Crippen LogP) is 2.75. The smallest absolute Gasteiger partial charge is 0.193 e. The van der Waals surface area contributed by atoms with E-state index in [2.05, 4.69) is 22.1 Å². The van der Waals surface area contributed by atoms with Gasteiger partial charge in [-0.3, -0.25) is 4.99 Å². The second-order valence-corrected chi connectivity index (χ2v) is 5.73. The zero-order valence-electron chi connectivity index (χ0n) is 14.5. The van der Waals surface area contributed by atoms with Crippen molar-refractivity contribution in [2.75, 3.05) is 53.6 Å². The van der Waals surface area contributed by atoms with E-state index in [0.717, 1.165) is 64.2 Å². The van der Waals surface area contributed by atoms with Crippen LogP contribution in [0.4, 0.5) is 0 Å². The van der Waals surface area contributed by atoms with Crippen molar-refractivity contribution in [3.05, 3.63) is 0 Å². The first-order valence-electron chi connectivity index (χ1n) is 8.35. The number of hydrogen-bond acceptors (Lipinski definition) is 3. The van der Waals surface area contributed by atoms with Crippen molar-refractivity contribution >= 4 is 29.9 Å². The van der Waals surface area contributed by atoms with Gasteiger partial charge in [-0.15, -0.1) is 24.0 Å². The lowest BCUT2D eigenvalue weighted by Crippen LogP contribution is -2.41. The summed E-state index contributed by atoms with van der Waals surface area (Å²) < 4.78 is 11.2. The maximum Gasteiger partial charge on any atom is 0.193 e. The summed E-state index contributed by atoms with van der Waals surface area (Å²) in [5, 5.41) is 3.36. The Bertz CT molecular complexity index is 287. The van der Waals surface area contributed by atoms with Crippen LogP contribution in [0.2, 0.25) is 0 Å². The number of aliphatic imine (C=N–C) groups is 1. The Morgan fingerprint density at radius 1 is 1.18 bits per heavy atom. The van der Waals surface area contributed by atoms with Gasteiger partial charge in [0.2, 0.25) is 0 Å². The van der Waals surface area contributed by atoms with Crippen LogP contribution in [0, 0.1) is 5.92 Å². The molecule has 22 heavy (non-hydrogen) atoms. The highest BCUT2D eigenvalue weighted by atomic mass is 127. The Balaban J connectivity index is 0.00000441. The molecule has 0 atom stereocenters. The average molecular weight is 427 g/mol. The minimum Gasteiger partial charge on any atom is -0.381 e. The molecule has 5 nitrogen and oxygen atoms in total. The topological polar surface area (TPSA) is 46.1 Å². The molecule has 1 rings (SSSR count). The van der Waals surface area contributed by atoms with Crippen LogP contribution in [0.25, 0.3) is 0 Å². The number of nitrogens with one attached hydrogen (secondary N) is 1. The first kappa shape index (κ1) is 21.9. The van der Waals surface area contributed by atoms with E-state index >= 15 is 0 Å². The Morgan fingerprint density at radius 2 is 1.91 bits per heavy atom. The van der Waals surface area contributed by atoms with Crippen molar-refractivity contribution in [1.29, 1.82) is 0 Å². The summed E-state index contributed by atoms with van der Waals surface area (Å²) >= 11 is 0. The van der Waals surface area contributed by atoms with Gasteiger partial charge in [-0.05, 0) is 31.6 Å². The van der Waals surface area contributed by atoms with Crippen LogP contribution in [0.3, 0.4) is 0 Å². The van der Waals surface area contributed by atoms with E-state index in [9.17, 15) is 0 Å². The fourth-order valence-corrected chi connectivity index (χ4v) is 1.95. The lowest BCUT2D eigenvalue weighted by atomic mass is 10.4. The van der Waals surface area contributed by atoms with Gasteiger partial charge in [-0.1, -0.05) is 13.3 Å². The molecule has 1 aliphatic rings. The number of guanidine groups is 1. The van der Waals surface area contributed by atoms with Gasteiger partial charge in [0.05, 0.1) is 6.61 Å². The van der Waals surface area contributed by atoms with Crippen molar-refractivity contribution in [3.8, 4) is 0 Å². The van der Waals surface area contributed by atoms with Crippen molar-refractivity contribution < 1.29 is 9.47 Å². The molecule has 1 fully saturated rings. The van der Waals surface area contributed by atoms with E-state index in [0.29, 0.717) is 0 Å². The van der Waals surface area contributed by atoms with Crippen LogP contribution in [0.15, 0.2) is 4.99 Å². The molecule has 0 aliphatic heterocycles. The number of likely N-dealkylation sites (N-methyl/N-ethyl adjacent to an activating group) is 1. The van der Waals surface area contributed by atoms with E-state index in [1.54, 1.807) is 0 Å². The Morgan fingerprint density at radius 3 is 2.55 bits per heavy atom. The van der Waals surface area contributed by atoms with Gasteiger partial charge < -0.3 is 19.7 Å². The van der Waals surface area contributed by atoms with E-state index in [1.165, 1.54) is 19.3 Å². The molecule has 1 N–H and O–H groups in total. The van der Waals surface area contributed by atoms with Crippen molar-refractivity contribution in [2.45, 2.75) is 39.0 Å². The highest BCUT2D eigenvalue weighted by molar-refractivity contribution is 14.0. The van der Waals surface area contributed by atoms with Gasteiger partial charge in [0.25, 0.3) is 0 Å². The third-order valence-electron chi connectivity index (χ3n) is 3.59. The van der Waals surface area contributed by atoms with Crippen LogP contribution in [0.5, 0.6) is 0 Å². The average Bonchev–Trinajstić information content (AvgIpc) is 3.30. The molecule has 0 aromatic heterocycles. The van der Waals surface area contributed by atoms with Crippen molar-refractivity contribution in [1.82, 2.24) is 10.2 Å². The molecule has 0 amide bonds. The quantitative estimate of drug-likeness (QED) is 0.225. The van der Waals surface area contributed by atoms with Crippen molar-refractivity contribution in [3.63, 3.8) is 0 Å². The molecule has 0 radical (unpaired) electrons. The summed E-state index contributed by atoms with van der Waals surface area (Å²) in [5.74, 6) is 1.76. The summed E-state index contributed by atoms with van der Waals surface area (Å²) in [7, 11) is 3.87. The van der Waals surface area contributed by atoms with Crippen molar-refractivity contribution in [2.24, 2.45) is 10.9 Å². The highest BCUT2D eigenvalue weighted by Gasteiger charge is 2.21. The van der Waals surface area contributed by atoms with Gasteiger partial charge in [-0.25, -0.2) is 0 Å². The molecule has 6 heteroatoms. The predicted molar refractivity (Wildman–Crippen MR) is 103 cm³/mol. The summed E-state index contributed by atoms with van der Waals surface area (Å²) in [5.41, 5.74) is 0. The first-order chi connectivity index (χ1) is 10.3. The van der Waals surface area contributed by atoms with Crippen LogP contribution in [0.1, 0.15) is 39.0 Å². The normalized spacial score (nSPS) is 14.6. The molecule has 0 heterocycles. The lowest BCUT2D eigenvalue weighted by Gasteiger charge is -2.22. The maximum atomic E-state index is 5.66. The monoisotopic (exact) mass is 427 g/mol. The van der Waals surface area contributed by atoms with Gasteiger partial charge >= 0.3 is 0 Å². The summed E-state index contributed by atoms with van der Waals surface area (Å²) in [6, 6.07) is 0. The second-order valence-electron chi connectivity index (χ2n) is 5.73. The minimum absolute atomic E-state index is 0. The molecule has 0 saturated heterocycles. The number of rotatable bonds is 12. The molecule has 0 aromatic carbocycles. The van der Waals surface area contributed by atoms with Crippen LogP contribution in [-0.4, -0.2) is 64.5 Å². The Kier molecular flexibility index (Phi) is 14.5. The number of ether oxygens (including phenoxy) is 2. The number of nitrogens with zero attached hydrogens (tertiary/aromatic N) is 2. The summed E-state index contributed by atoms with van der Waals surface area (Å²) in [6.45, 7) is 7.34. The number of unbranched alkanes of at least 4 members (excludes halogenated alkanes) is 1. The van der Waals surface area contributed by atoms with E-state index in [-0.39, 0.29) is 24.0 Å². The molecule has 0 aromatic rings. The van der Waals surface area contributed by atoms with Crippen LogP contribution >= 0.6 is 24.0 Å². The number of hydrogen-bond donors (Lipinski definition) is 1. The van der Waals surface area contributed by atoms with E-state index < -0.39 is 0 Å². The molecule has 0 bridgehead atoms. The third-order valence-corrected chi connectivity index (χ3v) is 3.59. The van der Waals surface area contributed by atoms with Crippen LogP contribution in [-0.2, 0) is 9.47 Å². The largest absolute Gasteiger partial charge is 0.381 e. The molecule has 0 spiro atoms. The molecule has 132 valence electrons. The minimum atomic E-state index is 0. The maximum absolute atomic E-state index is 5.66. The zero-order valence-corrected chi connectivity index (χ0v) is 16.8. The number of halogens is 1. The van der Waals surface area contributed by atoms with Gasteiger partial charge in [-0.2, -0.15) is 0 Å². The van der Waals surface area contributed by atoms with Gasteiger partial charge in [0.1, 0.15) is 0 Å². The van der Waals surface area contributed by atoms with Gasteiger partial charge in [0, 0.05) is 47.0 Å². The molecule has 1 saturated carbocycles. The fraction of sp³-hybridized carbons (Fsp3) is 0.938. The first-order valence-corrected chi connectivity index (χ1v) is 8.35. The highest BCUT2D eigenvalue weighted by Crippen LogP contribution is 2.28. The zero-order chi connectivity index (χ0) is 15.3. The molecule has 1 aliphatic carbocycles. The lowest BCUT2D eigenvalue weighted by molar-refractivity contribution is 0.114. The molecular formula is C16H34IN3O2. The Hall–Kier alpha value is -0.0800. The van der Waals surface area contributed by atoms with Gasteiger partial charge in [0.15, 0.2) is 5.96 Å². The SMILES string of the molecule is CCCCOCCCNC(=NC)N(C)CCOCC1CC1.I. The second kappa shape index (κ2) is 14.5. The third kappa shape index (κ3) is 11.5. The molecular weight excluding hydrogens is 393 g/mol. The fourth-order valence-electron chi connectivity index (χ4n) is 1.95. The standard InChI is InChI=1S/C16H33N3O2.HI/c1-4-5-11-20-12-6-9-18-16(17-2)19(3)10-13-21-14-15-7-8-15;/h15H,4-14H2,1-3H3,(H,17,18);1H. The van der Waals surface area contributed by atoms with Crippen LogP contribution < -0.4 is 5.32 Å². The Labute approximate surface area is 153 Å². The van der Waals surface area contributed by atoms with E-state index in [1.807, 2.05) is 14.1 Å². The molecule has 0 unspecified atom stereocenters.